The molecule has 18 heavy (non-hydrogen) atoms. The van der Waals surface area contributed by atoms with Gasteiger partial charge in [0, 0.05) is 12.6 Å². The SMILES string of the molecule is Cc1noc(C)c1S(=O)(=O)NC1CCCNC1.Cl. The van der Waals surface area contributed by atoms with Crippen molar-refractivity contribution in [3.63, 3.8) is 0 Å². The number of hydrogen-bond acceptors (Lipinski definition) is 5. The molecule has 2 N–H and O–H groups in total. The largest absolute Gasteiger partial charge is 0.360 e. The van der Waals surface area contributed by atoms with Gasteiger partial charge in [0.05, 0.1) is 0 Å². The highest BCUT2D eigenvalue weighted by Crippen LogP contribution is 2.19. The minimum atomic E-state index is -3.52. The number of sulfonamides is 1. The van der Waals surface area contributed by atoms with Crippen molar-refractivity contribution in [3.05, 3.63) is 11.5 Å². The average molecular weight is 296 g/mol. The quantitative estimate of drug-likeness (QED) is 0.859. The summed E-state index contributed by atoms with van der Waals surface area (Å²) in [5, 5.41) is 6.83. The van der Waals surface area contributed by atoms with Crippen LogP contribution in [0, 0.1) is 13.8 Å². The Labute approximate surface area is 113 Å². The lowest BCUT2D eigenvalue weighted by Crippen LogP contribution is -2.45. The van der Waals surface area contributed by atoms with E-state index < -0.39 is 10.0 Å². The second-order valence-electron chi connectivity index (χ2n) is 4.32. The monoisotopic (exact) mass is 295 g/mol. The summed E-state index contributed by atoms with van der Waals surface area (Å²) in [4.78, 5) is 0.170. The highest BCUT2D eigenvalue weighted by atomic mass is 35.5. The van der Waals surface area contributed by atoms with Crippen LogP contribution in [0.3, 0.4) is 0 Å². The minimum absolute atomic E-state index is 0. The maximum absolute atomic E-state index is 12.2. The lowest BCUT2D eigenvalue weighted by Gasteiger charge is -2.23. The highest BCUT2D eigenvalue weighted by Gasteiger charge is 2.27. The molecule has 1 unspecified atom stereocenters. The summed E-state index contributed by atoms with van der Waals surface area (Å²) in [5.74, 6) is 0.332. The van der Waals surface area contributed by atoms with E-state index in [9.17, 15) is 8.42 Å². The highest BCUT2D eigenvalue weighted by molar-refractivity contribution is 7.89. The summed E-state index contributed by atoms with van der Waals surface area (Å²) in [6.45, 7) is 4.85. The Morgan fingerprint density at radius 1 is 1.44 bits per heavy atom. The van der Waals surface area contributed by atoms with Gasteiger partial charge >= 0.3 is 0 Å². The topological polar surface area (TPSA) is 84.2 Å². The third-order valence-corrected chi connectivity index (χ3v) is 4.62. The predicted octanol–water partition coefficient (Wildman–Crippen LogP) is 0.744. The van der Waals surface area contributed by atoms with Gasteiger partial charge in [0.15, 0.2) is 5.76 Å². The fraction of sp³-hybridized carbons (Fsp3) is 0.700. The van der Waals surface area contributed by atoms with Crippen LogP contribution in [-0.4, -0.2) is 32.7 Å². The van der Waals surface area contributed by atoms with E-state index in [0.717, 1.165) is 19.4 Å². The number of rotatable bonds is 3. The molecular weight excluding hydrogens is 278 g/mol. The molecule has 0 amide bonds. The fourth-order valence-electron chi connectivity index (χ4n) is 2.09. The van der Waals surface area contributed by atoms with E-state index in [2.05, 4.69) is 15.2 Å². The zero-order chi connectivity index (χ0) is 12.5. The first-order chi connectivity index (χ1) is 8.00. The Morgan fingerprint density at radius 2 is 2.17 bits per heavy atom. The maximum atomic E-state index is 12.2. The summed E-state index contributed by atoms with van der Waals surface area (Å²) in [6.07, 6.45) is 1.84. The van der Waals surface area contributed by atoms with Gasteiger partial charge in [0.2, 0.25) is 10.0 Å². The third kappa shape index (κ3) is 3.23. The van der Waals surface area contributed by atoms with Crippen LogP contribution in [0.2, 0.25) is 0 Å². The third-order valence-electron chi connectivity index (χ3n) is 2.86. The Bertz CT molecular complexity index is 475. The second-order valence-corrected chi connectivity index (χ2v) is 5.97. The van der Waals surface area contributed by atoms with Crippen molar-refractivity contribution in [1.82, 2.24) is 15.2 Å². The molecule has 1 atom stereocenters. The Balaban J connectivity index is 0.00000162. The Hall–Kier alpha value is -0.630. The number of hydrogen-bond donors (Lipinski definition) is 2. The lowest BCUT2D eigenvalue weighted by molar-refractivity contribution is 0.390. The number of nitrogens with one attached hydrogen (secondary N) is 2. The molecule has 0 aromatic carbocycles. The van der Waals surface area contributed by atoms with Crippen molar-refractivity contribution in [2.45, 2.75) is 37.6 Å². The molecule has 0 bridgehead atoms. The van der Waals surface area contributed by atoms with E-state index in [0.29, 0.717) is 18.0 Å². The van der Waals surface area contributed by atoms with E-state index in [4.69, 9.17) is 4.52 Å². The number of aryl methyl sites for hydroxylation is 2. The van der Waals surface area contributed by atoms with Crippen molar-refractivity contribution in [1.29, 1.82) is 0 Å². The Kier molecular flexibility index (Phi) is 5.15. The maximum Gasteiger partial charge on any atom is 0.246 e. The van der Waals surface area contributed by atoms with Gasteiger partial charge in [-0.1, -0.05) is 5.16 Å². The van der Waals surface area contributed by atoms with Crippen LogP contribution in [0.5, 0.6) is 0 Å². The summed E-state index contributed by atoms with van der Waals surface area (Å²) in [5.41, 5.74) is 0.402. The van der Waals surface area contributed by atoms with E-state index in [1.807, 2.05) is 0 Å². The fourth-order valence-corrected chi connectivity index (χ4v) is 3.69. The van der Waals surface area contributed by atoms with E-state index in [1.165, 1.54) is 0 Å². The first kappa shape index (κ1) is 15.4. The first-order valence-electron chi connectivity index (χ1n) is 5.66. The molecular formula is C10H18ClN3O3S. The molecule has 0 saturated carbocycles. The normalized spacial score (nSPS) is 20.4. The van der Waals surface area contributed by atoms with Crippen molar-refractivity contribution < 1.29 is 12.9 Å². The van der Waals surface area contributed by atoms with Crippen LogP contribution < -0.4 is 10.0 Å². The molecule has 0 aliphatic carbocycles. The molecule has 1 aliphatic heterocycles. The standard InChI is InChI=1S/C10H17N3O3S.ClH/c1-7-10(8(2)16-12-7)17(14,15)13-9-4-3-5-11-6-9;/h9,11,13H,3-6H2,1-2H3;1H. The van der Waals surface area contributed by atoms with Gasteiger partial charge < -0.3 is 9.84 Å². The van der Waals surface area contributed by atoms with Gasteiger partial charge in [0.1, 0.15) is 10.6 Å². The van der Waals surface area contributed by atoms with Gasteiger partial charge in [-0.3, -0.25) is 0 Å². The van der Waals surface area contributed by atoms with Crippen molar-refractivity contribution >= 4 is 22.4 Å². The summed E-state index contributed by atoms with van der Waals surface area (Å²) in [6, 6.07) is -0.0533. The molecule has 1 fully saturated rings. The molecule has 104 valence electrons. The molecule has 2 heterocycles. The van der Waals surface area contributed by atoms with E-state index in [1.54, 1.807) is 13.8 Å². The number of nitrogens with zero attached hydrogens (tertiary/aromatic N) is 1. The second kappa shape index (κ2) is 6.01. The molecule has 1 aromatic heterocycles. The molecule has 0 radical (unpaired) electrons. The van der Waals surface area contributed by atoms with Gasteiger partial charge in [-0.05, 0) is 33.2 Å². The van der Waals surface area contributed by atoms with Gasteiger partial charge in [-0.2, -0.15) is 0 Å². The predicted molar refractivity (Wildman–Crippen MR) is 69.4 cm³/mol. The molecule has 8 heteroatoms. The molecule has 0 spiro atoms. The zero-order valence-corrected chi connectivity index (χ0v) is 12.0. The molecule has 1 aromatic rings. The van der Waals surface area contributed by atoms with Crippen LogP contribution >= 0.6 is 12.4 Å². The smallest absolute Gasteiger partial charge is 0.246 e. The summed E-state index contributed by atoms with van der Waals surface area (Å²) < 4.78 is 31.9. The van der Waals surface area contributed by atoms with Crippen LogP contribution in [-0.2, 0) is 10.0 Å². The minimum Gasteiger partial charge on any atom is -0.360 e. The molecule has 2 rings (SSSR count). The Morgan fingerprint density at radius 3 is 2.67 bits per heavy atom. The number of piperidine rings is 1. The van der Waals surface area contributed by atoms with Crippen molar-refractivity contribution in [3.8, 4) is 0 Å². The van der Waals surface area contributed by atoms with Crippen LogP contribution in [0.15, 0.2) is 9.42 Å². The number of halogens is 1. The van der Waals surface area contributed by atoms with Crippen molar-refractivity contribution in [2.24, 2.45) is 0 Å². The van der Waals surface area contributed by atoms with Crippen molar-refractivity contribution in [2.75, 3.05) is 13.1 Å². The lowest BCUT2D eigenvalue weighted by atomic mass is 10.1. The average Bonchev–Trinajstić information content (AvgIpc) is 2.59. The summed E-state index contributed by atoms with van der Waals surface area (Å²) in [7, 11) is -3.52. The molecule has 6 nitrogen and oxygen atoms in total. The van der Waals surface area contributed by atoms with Crippen LogP contribution in [0.25, 0.3) is 0 Å². The van der Waals surface area contributed by atoms with E-state index in [-0.39, 0.29) is 23.3 Å². The van der Waals surface area contributed by atoms with Crippen LogP contribution in [0.1, 0.15) is 24.3 Å². The van der Waals surface area contributed by atoms with Crippen LogP contribution in [0.4, 0.5) is 0 Å². The summed E-state index contributed by atoms with van der Waals surface area (Å²) >= 11 is 0. The zero-order valence-electron chi connectivity index (χ0n) is 10.4. The molecule has 1 aliphatic rings. The number of aromatic nitrogens is 1. The van der Waals surface area contributed by atoms with Gasteiger partial charge in [0.25, 0.3) is 0 Å². The van der Waals surface area contributed by atoms with E-state index >= 15 is 0 Å². The van der Waals surface area contributed by atoms with Gasteiger partial charge in [-0.25, -0.2) is 13.1 Å². The first-order valence-corrected chi connectivity index (χ1v) is 7.15. The van der Waals surface area contributed by atoms with Gasteiger partial charge in [-0.15, -0.1) is 12.4 Å². The molecule has 1 saturated heterocycles.